The van der Waals surface area contributed by atoms with E-state index in [0.29, 0.717) is 35.1 Å². The number of alkyl carbamates (subject to hydrolysis) is 1. The molecule has 0 aliphatic heterocycles. The number of rotatable bonds is 56. The quantitative estimate of drug-likeness (QED) is 0.00913. The molecule has 1 aliphatic rings. The largest absolute Gasteiger partial charge is 0.475 e. The lowest BCUT2D eigenvalue weighted by atomic mass is 9.84. The number of nitrogens with one attached hydrogen (secondary N) is 1. The highest BCUT2D eigenvalue weighted by atomic mass is 31.2. The summed E-state index contributed by atoms with van der Waals surface area (Å²) < 4.78 is 323. The molecule has 1 aliphatic carbocycles. The zero-order chi connectivity index (χ0) is 84.2. The minimum Gasteiger partial charge on any atom is -0.462 e. The Labute approximate surface area is 655 Å². The second kappa shape index (κ2) is 47.3. The second-order valence-electron chi connectivity index (χ2n) is 25.9. The van der Waals surface area contributed by atoms with Crippen molar-refractivity contribution in [1.82, 2.24) is 5.32 Å². The molecule has 0 heterocycles. The van der Waals surface area contributed by atoms with Crippen LogP contribution in [0.3, 0.4) is 0 Å². The van der Waals surface area contributed by atoms with Crippen molar-refractivity contribution >= 4 is 41.5 Å². The van der Waals surface area contributed by atoms with Crippen molar-refractivity contribution in [2.75, 3.05) is 61.5 Å². The maximum atomic E-state index is 15.8. The van der Waals surface area contributed by atoms with Gasteiger partial charge in [0.15, 0.2) is 6.10 Å². The van der Waals surface area contributed by atoms with Crippen LogP contribution in [0, 0.1) is 0 Å². The Morgan fingerprint density at radius 2 is 0.730 bits per heavy atom. The van der Waals surface area contributed by atoms with Gasteiger partial charge in [-0.3, -0.25) is 45.8 Å². The first kappa shape index (κ1) is 97.3. The molecular weight excluding hydrogens is 1630 g/mol. The zero-order valence-electron chi connectivity index (χ0n) is 62.7. The van der Waals surface area contributed by atoms with Crippen molar-refractivity contribution in [3.05, 3.63) is 179 Å². The van der Waals surface area contributed by atoms with Crippen molar-refractivity contribution in [3.8, 4) is 0 Å². The molecule has 5 aromatic carbocycles. The molecule has 41 heteroatoms. The van der Waals surface area contributed by atoms with Gasteiger partial charge >= 0.3 is 77.3 Å². The number of carbonyl (C=O) groups excluding carboxylic acids is 3. The normalized spacial score (nSPS) is 18.2. The standard InChI is InChI=1S/C74H93F13NO24P3/c1-96-51-101-62-63(102-52-97-2)66(111-114(94,105-45-55-32-18-11-19-33-55)106-46-56-34-20-12-21-35-56)67(112-115(95,107-47-57-36-22-13-23-37-57)108-48-58-38-24-14-25-39-58)64(103-53-98-3)65(62)110-113(92,93)104-50-59(49-99-60(89)40-27-15-29-43-88-68(91)100-44-54-30-16-10-17-31-54)109-61(90)41-26-8-6-4-5-7-9-28-42-69(75,76)70(77,78)71(79,80)72(81,82)73(83,84)74(85,86)87/h10-14,16-25,30-39,59,62-67H,4-9,15,26-29,40-53H2,1-3H3,(H,88,91)(H,92,93)/t59?,62-,63+,64+,65?,66-,67-/m1/s1. The molecule has 0 bridgehead atoms. The van der Waals surface area contributed by atoms with Gasteiger partial charge in [0.05, 0.1) is 33.0 Å². The fourth-order valence-corrected chi connectivity index (χ4v) is 14.7. The summed E-state index contributed by atoms with van der Waals surface area (Å²) in [6.07, 6.45) is -24.8. The van der Waals surface area contributed by atoms with Crippen molar-refractivity contribution in [2.45, 2.75) is 201 Å². The Kier molecular flexibility index (Phi) is 40.1. The highest BCUT2D eigenvalue weighted by molar-refractivity contribution is 7.49. The monoisotopic (exact) mass is 1720 g/mol. The molecular formula is C74H93F13NO24P3. The molecule has 0 radical (unpaired) electrons. The molecule has 6 rings (SSSR count). The number of benzene rings is 5. The number of amides is 1. The van der Waals surface area contributed by atoms with Crippen LogP contribution in [0.15, 0.2) is 152 Å². The van der Waals surface area contributed by atoms with Crippen LogP contribution in [-0.2, 0) is 135 Å². The second-order valence-corrected chi connectivity index (χ2v) is 30.6. The van der Waals surface area contributed by atoms with Gasteiger partial charge in [-0.25, -0.2) is 18.5 Å². The van der Waals surface area contributed by atoms with Crippen molar-refractivity contribution in [2.24, 2.45) is 0 Å². The number of carbonyl (C=O) groups is 3. The minimum atomic E-state index is -8.00. The molecule has 8 atom stereocenters. The van der Waals surface area contributed by atoms with Gasteiger partial charge in [-0.2, -0.15) is 57.1 Å². The van der Waals surface area contributed by atoms with Crippen LogP contribution in [0.4, 0.5) is 61.9 Å². The lowest BCUT2D eigenvalue weighted by molar-refractivity contribution is -0.440. The van der Waals surface area contributed by atoms with Gasteiger partial charge < -0.3 is 52.8 Å². The number of alkyl halides is 13. The van der Waals surface area contributed by atoms with E-state index in [-0.39, 0.29) is 64.5 Å². The summed E-state index contributed by atoms with van der Waals surface area (Å²) in [6.45, 7) is -5.68. The van der Waals surface area contributed by atoms with E-state index in [0.717, 1.165) is 5.56 Å². The van der Waals surface area contributed by atoms with Crippen LogP contribution in [0.1, 0.15) is 118 Å². The molecule has 644 valence electrons. The molecule has 115 heavy (non-hydrogen) atoms. The first-order valence-electron chi connectivity index (χ1n) is 36.1. The van der Waals surface area contributed by atoms with Gasteiger partial charge in [0.1, 0.15) is 70.2 Å². The summed E-state index contributed by atoms with van der Waals surface area (Å²) in [4.78, 5) is 51.2. The molecule has 0 aromatic heterocycles. The average molecular weight is 1720 g/mol. The molecule has 1 saturated carbocycles. The van der Waals surface area contributed by atoms with Gasteiger partial charge in [-0.15, -0.1) is 0 Å². The fraction of sp³-hybridized carbons (Fsp3) is 0.554. The highest BCUT2D eigenvalue weighted by Crippen LogP contribution is 2.62. The number of halogens is 13. The number of hydrogen-bond donors (Lipinski definition) is 2. The Bertz CT molecular complexity index is 3700. The van der Waals surface area contributed by atoms with E-state index < -0.39 is 206 Å². The van der Waals surface area contributed by atoms with Gasteiger partial charge in [0.25, 0.3) is 0 Å². The number of unbranched alkanes of at least 4 members (excludes halogenated alkanes) is 9. The summed E-state index contributed by atoms with van der Waals surface area (Å²) in [5.74, 6) is -39.1. The first-order chi connectivity index (χ1) is 54.5. The summed E-state index contributed by atoms with van der Waals surface area (Å²) in [7, 11) is -12.5. The number of phosphoric ester groups is 3. The van der Waals surface area contributed by atoms with E-state index in [2.05, 4.69) is 5.32 Å². The average Bonchev–Trinajstić information content (AvgIpc) is 0.713. The summed E-state index contributed by atoms with van der Waals surface area (Å²) in [5.41, 5.74) is 2.62. The summed E-state index contributed by atoms with van der Waals surface area (Å²) in [5, 5.41) is 2.60. The number of phosphoric acid groups is 3. The minimum absolute atomic E-state index is 0.0206. The van der Waals surface area contributed by atoms with Crippen molar-refractivity contribution in [3.63, 3.8) is 0 Å². The Hall–Kier alpha value is -6.51. The van der Waals surface area contributed by atoms with Crippen molar-refractivity contribution < 1.29 is 169 Å². The fourth-order valence-electron chi connectivity index (χ4n) is 11.0. The third-order valence-electron chi connectivity index (χ3n) is 17.1. The maximum Gasteiger partial charge on any atom is 0.475 e. The van der Waals surface area contributed by atoms with Gasteiger partial charge in [0, 0.05) is 47.1 Å². The Balaban J connectivity index is 1.25. The Morgan fingerprint density at radius 1 is 0.391 bits per heavy atom. The van der Waals surface area contributed by atoms with Crippen LogP contribution >= 0.6 is 23.5 Å². The zero-order valence-corrected chi connectivity index (χ0v) is 65.4. The molecule has 25 nitrogen and oxygen atoms in total. The van der Waals surface area contributed by atoms with Crippen molar-refractivity contribution in [1.29, 1.82) is 0 Å². The van der Waals surface area contributed by atoms with Crippen LogP contribution in [-0.4, -0.2) is 163 Å². The summed E-state index contributed by atoms with van der Waals surface area (Å²) in [6, 6.07) is 42.3. The summed E-state index contributed by atoms with van der Waals surface area (Å²) >= 11 is 0. The maximum absolute atomic E-state index is 15.8. The molecule has 3 unspecified atom stereocenters. The van der Waals surface area contributed by atoms with Crippen LogP contribution in [0.5, 0.6) is 0 Å². The topological polar surface area (TPSA) is 292 Å². The third-order valence-corrected chi connectivity index (χ3v) is 20.8. The molecule has 5 aromatic rings. The van der Waals surface area contributed by atoms with E-state index in [1.54, 1.807) is 152 Å². The van der Waals surface area contributed by atoms with E-state index in [1.165, 1.54) is 21.3 Å². The molecule has 0 spiro atoms. The number of esters is 2. The SMILES string of the molecule is COCO[C@@H]1[C@@H](OP(=O)(OCc2ccccc2)OCc2ccccc2)[C@H](OP(=O)(OCc2ccccc2)OCc2ccccc2)[C@@H](OCOC)C(OP(=O)(O)OCC(COC(=O)CCCCCNC(=O)OCc2ccccc2)OC(=O)CCCCCCCCCCC(F)(F)C(F)(F)C(F)(F)C(F)(F)C(F)(F)C(F)(F)F)[C@@H]1OCOC. The number of hydrogen-bond acceptors (Lipinski definition) is 23. The van der Waals surface area contributed by atoms with Gasteiger partial charge in [-0.05, 0) is 53.5 Å². The van der Waals surface area contributed by atoms with E-state index in [1.807, 2.05) is 0 Å². The number of methoxy groups -OCH3 is 3. The van der Waals surface area contributed by atoms with Gasteiger partial charge in [-0.1, -0.05) is 197 Å². The smallest absolute Gasteiger partial charge is 0.462 e. The highest BCUT2D eigenvalue weighted by Gasteiger charge is 2.90. The molecule has 1 amide bonds. The predicted octanol–water partition coefficient (Wildman–Crippen LogP) is 17.9. The predicted molar refractivity (Wildman–Crippen MR) is 382 cm³/mol. The number of ether oxygens (including phenoxy) is 9. The van der Waals surface area contributed by atoms with Crippen LogP contribution in [0.25, 0.3) is 0 Å². The first-order valence-corrected chi connectivity index (χ1v) is 40.5. The molecule has 1 fully saturated rings. The Morgan fingerprint density at radius 3 is 1.12 bits per heavy atom. The lowest BCUT2D eigenvalue weighted by Crippen LogP contribution is -2.70. The molecule has 0 saturated heterocycles. The van der Waals surface area contributed by atoms with E-state index in [9.17, 15) is 80.9 Å². The lowest BCUT2D eigenvalue weighted by Gasteiger charge is -2.49. The van der Waals surface area contributed by atoms with Gasteiger partial charge in [0.2, 0.25) is 0 Å². The molecule has 2 N–H and O–H groups in total. The van der Waals surface area contributed by atoms with E-state index >= 15 is 9.13 Å². The van der Waals surface area contributed by atoms with Crippen LogP contribution in [0.2, 0.25) is 0 Å². The van der Waals surface area contributed by atoms with Crippen LogP contribution < -0.4 is 5.32 Å². The van der Waals surface area contributed by atoms with E-state index in [4.69, 9.17) is 78.8 Å². The third kappa shape index (κ3) is 31.0.